The fourth-order valence-corrected chi connectivity index (χ4v) is 2.81. The van der Waals surface area contributed by atoms with Crippen LogP contribution in [0.25, 0.3) is 0 Å². The van der Waals surface area contributed by atoms with Crippen molar-refractivity contribution >= 4 is 55.1 Å². The van der Waals surface area contributed by atoms with Crippen LogP contribution in [-0.4, -0.2) is 5.11 Å². The summed E-state index contributed by atoms with van der Waals surface area (Å²) in [7, 11) is 0. The molecule has 0 heterocycles. The van der Waals surface area contributed by atoms with Crippen LogP contribution in [0.5, 0.6) is 11.5 Å². The average Bonchev–Trinajstić information content (AvgIpc) is 2.35. The van der Waals surface area contributed by atoms with Gasteiger partial charge in [0, 0.05) is 20.6 Å². The van der Waals surface area contributed by atoms with E-state index in [1.165, 1.54) is 0 Å². The van der Waals surface area contributed by atoms with Gasteiger partial charge in [0.1, 0.15) is 11.5 Å². The molecule has 0 fully saturated rings. The molecule has 6 heteroatoms. The molecule has 0 saturated carbocycles. The summed E-state index contributed by atoms with van der Waals surface area (Å²) in [6.07, 6.45) is -0.650. The second-order valence-corrected chi connectivity index (χ2v) is 6.74. The Morgan fingerprint density at radius 1 is 1.05 bits per heavy atom. The van der Waals surface area contributed by atoms with Crippen LogP contribution in [0.15, 0.2) is 39.3 Å². The number of aliphatic hydroxyl groups excluding tert-OH is 1. The first-order chi connectivity index (χ1) is 9.38. The van der Waals surface area contributed by atoms with E-state index in [4.69, 9.17) is 27.9 Å². The SMILES string of the molecule is CC(O)c1ccc(Br)cc1Oc1cc(Cl)c(Br)cc1Cl. The Hall–Kier alpha value is -0.260. The molecule has 2 nitrogen and oxygen atoms in total. The van der Waals surface area contributed by atoms with Gasteiger partial charge < -0.3 is 9.84 Å². The lowest BCUT2D eigenvalue weighted by molar-refractivity contribution is 0.195. The monoisotopic (exact) mass is 438 g/mol. The van der Waals surface area contributed by atoms with Crippen LogP contribution in [0.2, 0.25) is 10.0 Å². The Bertz CT molecular complexity index is 645. The molecule has 2 aromatic carbocycles. The minimum Gasteiger partial charge on any atom is -0.455 e. The van der Waals surface area contributed by atoms with Crippen molar-refractivity contribution < 1.29 is 9.84 Å². The number of aliphatic hydroxyl groups is 1. The van der Waals surface area contributed by atoms with E-state index in [2.05, 4.69) is 31.9 Å². The van der Waals surface area contributed by atoms with Crippen molar-refractivity contribution in [1.82, 2.24) is 0 Å². The molecule has 0 aromatic heterocycles. The topological polar surface area (TPSA) is 29.5 Å². The largest absolute Gasteiger partial charge is 0.455 e. The van der Waals surface area contributed by atoms with Crippen molar-refractivity contribution in [2.45, 2.75) is 13.0 Å². The van der Waals surface area contributed by atoms with E-state index in [1.807, 2.05) is 6.07 Å². The Morgan fingerprint density at radius 3 is 2.40 bits per heavy atom. The molecular formula is C14H10Br2Cl2O2. The lowest BCUT2D eigenvalue weighted by Crippen LogP contribution is -1.96. The zero-order valence-corrected chi connectivity index (χ0v) is 15.0. The molecule has 0 bridgehead atoms. The van der Waals surface area contributed by atoms with Gasteiger partial charge in [-0.25, -0.2) is 0 Å². The maximum Gasteiger partial charge on any atom is 0.147 e. The molecule has 0 aliphatic rings. The van der Waals surface area contributed by atoms with E-state index in [9.17, 15) is 5.11 Å². The minimum absolute atomic E-state index is 0.429. The maximum absolute atomic E-state index is 9.78. The van der Waals surface area contributed by atoms with Gasteiger partial charge in [0.2, 0.25) is 0 Å². The Kier molecular flexibility index (Phi) is 5.37. The second-order valence-electron chi connectivity index (χ2n) is 4.16. The van der Waals surface area contributed by atoms with Gasteiger partial charge >= 0.3 is 0 Å². The number of rotatable bonds is 3. The number of ether oxygens (including phenoxy) is 1. The molecule has 1 atom stereocenters. The predicted octanol–water partition coefficient (Wildman–Crippen LogP) is 6.36. The van der Waals surface area contributed by atoms with E-state index >= 15 is 0 Å². The molecule has 0 saturated heterocycles. The molecule has 1 N–H and O–H groups in total. The van der Waals surface area contributed by atoms with Gasteiger partial charge in [-0.15, -0.1) is 0 Å². The van der Waals surface area contributed by atoms with Gasteiger partial charge in [-0.3, -0.25) is 0 Å². The summed E-state index contributed by atoms with van der Waals surface area (Å²) in [6.45, 7) is 1.67. The fraction of sp³-hybridized carbons (Fsp3) is 0.143. The van der Waals surface area contributed by atoms with Gasteiger partial charge in [0.25, 0.3) is 0 Å². The van der Waals surface area contributed by atoms with Crippen molar-refractivity contribution in [2.24, 2.45) is 0 Å². The van der Waals surface area contributed by atoms with Crippen molar-refractivity contribution in [2.75, 3.05) is 0 Å². The highest BCUT2D eigenvalue weighted by molar-refractivity contribution is 9.10. The van der Waals surface area contributed by atoms with Gasteiger partial charge in [-0.05, 0) is 41.1 Å². The van der Waals surface area contributed by atoms with Gasteiger partial charge in [-0.1, -0.05) is 45.2 Å². The lowest BCUT2D eigenvalue weighted by atomic mass is 10.1. The van der Waals surface area contributed by atoms with Crippen molar-refractivity contribution in [3.63, 3.8) is 0 Å². The number of halogens is 4. The molecule has 106 valence electrons. The molecule has 0 aliphatic carbocycles. The summed E-state index contributed by atoms with van der Waals surface area (Å²) in [5.74, 6) is 0.953. The second kappa shape index (κ2) is 6.67. The van der Waals surface area contributed by atoms with Crippen molar-refractivity contribution in [3.8, 4) is 11.5 Å². The molecule has 0 spiro atoms. The Labute approximate surface area is 143 Å². The number of hydrogen-bond donors (Lipinski definition) is 1. The lowest BCUT2D eigenvalue weighted by Gasteiger charge is -2.15. The van der Waals surface area contributed by atoms with E-state index < -0.39 is 6.10 Å². The van der Waals surface area contributed by atoms with Crippen molar-refractivity contribution in [3.05, 3.63) is 54.9 Å². The molecule has 0 radical (unpaired) electrons. The highest BCUT2D eigenvalue weighted by atomic mass is 79.9. The first-order valence-corrected chi connectivity index (χ1v) is 8.02. The first-order valence-electron chi connectivity index (χ1n) is 5.68. The minimum atomic E-state index is -0.650. The molecule has 0 amide bonds. The van der Waals surface area contributed by atoms with Crippen LogP contribution in [0.1, 0.15) is 18.6 Å². The van der Waals surface area contributed by atoms with Crippen LogP contribution in [0.4, 0.5) is 0 Å². The summed E-state index contributed by atoms with van der Waals surface area (Å²) in [5.41, 5.74) is 0.670. The predicted molar refractivity (Wildman–Crippen MR) is 89.0 cm³/mol. The third kappa shape index (κ3) is 3.68. The highest BCUT2D eigenvalue weighted by Gasteiger charge is 2.13. The van der Waals surface area contributed by atoms with Gasteiger partial charge in [0.05, 0.1) is 16.1 Å². The molecule has 2 aromatic rings. The van der Waals surface area contributed by atoms with Crippen LogP contribution < -0.4 is 4.74 Å². The molecular weight excluding hydrogens is 431 g/mol. The van der Waals surface area contributed by atoms with Crippen LogP contribution in [0.3, 0.4) is 0 Å². The quantitative estimate of drug-likeness (QED) is 0.562. The first kappa shape index (κ1) is 16.1. The third-order valence-corrected chi connectivity index (χ3v) is 4.61. The highest BCUT2D eigenvalue weighted by Crippen LogP contribution is 2.39. The maximum atomic E-state index is 9.78. The fourth-order valence-electron chi connectivity index (χ4n) is 1.64. The normalized spacial score (nSPS) is 12.3. The Morgan fingerprint density at radius 2 is 1.75 bits per heavy atom. The Balaban J connectivity index is 2.44. The number of hydrogen-bond acceptors (Lipinski definition) is 2. The van der Waals surface area contributed by atoms with Gasteiger partial charge in [-0.2, -0.15) is 0 Å². The zero-order chi connectivity index (χ0) is 14.9. The summed E-state index contributed by atoms with van der Waals surface area (Å²) in [4.78, 5) is 0. The van der Waals surface area contributed by atoms with Crippen LogP contribution in [-0.2, 0) is 0 Å². The molecule has 2 rings (SSSR count). The molecule has 1 unspecified atom stereocenters. The van der Waals surface area contributed by atoms with Crippen molar-refractivity contribution in [1.29, 1.82) is 0 Å². The molecule has 0 aliphatic heterocycles. The van der Waals surface area contributed by atoms with Crippen LogP contribution >= 0.6 is 55.1 Å². The van der Waals surface area contributed by atoms with Crippen LogP contribution in [0, 0.1) is 0 Å². The summed E-state index contributed by atoms with van der Waals surface area (Å²) < 4.78 is 7.33. The summed E-state index contributed by atoms with van der Waals surface area (Å²) in [5, 5.41) is 10.7. The van der Waals surface area contributed by atoms with E-state index in [0.717, 1.165) is 4.47 Å². The average molecular weight is 441 g/mol. The summed E-state index contributed by atoms with van der Waals surface area (Å²) >= 11 is 18.8. The number of benzene rings is 2. The third-order valence-electron chi connectivity index (χ3n) is 2.62. The summed E-state index contributed by atoms with van der Waals surface area (Å²) in [6, 6.07) is 8.69. The van der Waals surface area contributed by atoms with E-state index in [0.29, 0.717) is 31.6 Å². The van der Waals surface area contributed by atoms with E-state index in [-0.39, 0.29) is 0 Å². The zero-order valence-electron chi connectivity index (χ0n) is 10.3. The standard InChI is InChI=1S/C14H10Br2Cl2O2/c1-7(19)9-3-2-8(15)4-13(9)20-14-6-11(17)10(16)5-12(14)18/h2-7,19H,1H3. The van der Waals surface area contributed by atoms with Gasteiger partial charge in [0.15, 0.2) is 0 Å². The van der Waals surface area contributed by atoms with E-state index in [1.54, 1.807) is 31.2 Å². The smallest absolute Gasteiger partial charge is 0.147 e. The molecule has 20 heavy (non-hydrogen) atoms.